The summed E-state index contributed by atoms with van der Waals surface area (Å²) in [5.41, 5.74) is 6.62. The van der Waals surface area contributed by atoms with Gasteiger partial charge in [-0.05, 0) is 40.4 Å². The van der Waals surface area contributed by atoms with Gasteiger partial charge in [0.05, 0.1) is 12.2 Å². The van der Waals surface area contributed by atoms with Gasteiger partial charge in [-0.3, -0.25) is 4.90 Å². The lowest BCUT2D eigenvalue weighted by Crippen LogP contribution is -2.21. The van der Waals surface area contributed by atoms with Crippen LogP contribution in [-0.2, 0) is 6.54 Å². The van der Waals surface area contributed by atoms with Crippen molar-refractivity contribution >= 4 is 11.3 Å². The van der Waals surface area contributed by atoms with Crippen LogP contribution < -0.4 is 5.73 Å². The third-order valence-electron chi connectivity index (χ3n) is 2.22. The molecule has 0 saturated carbocycles. The zero-order valence-corrected chi connectivity index (χ0v) is 10.0. The fourth-order valence-electron chi connectivity index (χ4n) is 1.28. The molecule has 0 unspecified atom stereocenters. The number of hydrogen-bond donors (Lipinski definition) is 1. The smallest absolute Gasteiger partial charge is 0.107 e. The van der Waals surface area contributed by atoms with Gasteiger partial charge in [-0.15, -0.1) is 11.3 Å². The van der Waals surface area contributed by atoms with Crippen molar-refractivity contribution in [3.8, 4) is 0 Å². The summed E-state index contributed by atoms with van der Waals surface area (Å²) in [5.74, 6) is 0. The molecule has 1 aromatic rings. The highest BCUT2D eigenvalue weighted by Gasteiger charge is 2.05. The predicted molar refractivity (Wildman–Crippen MR) is 61.6 cm³/mol. The molecule has 1 heterocycles. The molecular weight excluding hydrogens is 194 g/mol. The van der Waals surface area contributed by atoms with E-state index in [1.807, 2.05) is 0 Å². The van der Waals surface area contributed by atoms with E-state index in [0.717, 1.165) is 31.7 Å². The lowest BCUT2D eigenvalue weighted by Gasteiger charge is -2.13. The Kier molecular flexibility index (Phi) is 4.51. The van der Waals surface area contributed by atoms with Gasteiger partial charge in [0, 0.05) is 4.88 Å². The zero-order valence-electron chi connectivity index (χ0n) is 9.21. The molecule has 0 bridgehead atoms. The van der Waals surface area contributed by atoms with Gasteiger partial charge in [0.25, 0.3) is 0 Å². The first-order chi connectivity index (χ1) is 6.63. The summed E-state index contributed by atoms with van der Waals surface area (Å²) in [6, 6.07) is 0. The SMILES string of the molecule is Cc1nc(CN(C)CCCN)sc1C. The molecule has 80 valence electrons. The molecule has 0 fully saturated rings. The van der Waals surface area contributed by atoms with Gasteiger partial charge < -0.3 is 5.73 Å². The third-order valence-corrected chi connectivity index (χ3v) is 3.28. The monoisotopic (exact) mass is 213 g/mol. The van der Waals surface area contributed by atoms with Gasteiger partial charge in [-0.2, -0.15) is 0 Å². The van der Waals surface area contributed by atoms with Crippen molar-refractivity contribution in [2.24, 2.45) is 5.73 Å². The first-order valence-electron chi connectivity index (χ1n) is 4.95. The van der Waals surface area contributed by atoms with E-state index in [-0.39, 0.29) is 0 Å². The van der Waals surface area contributed by atoms with Gasteiger partial charge in [-0.1, -0.05) is 0 Å². The molecule has 0 spiro atoms. The van der Waals surface area contributed by atoms with Crippen molar-refractivity contribution in [3.63, 3.8) is 0 Å². The number of thiazole rings is 1. The minimum absolute atomic E-state index is 0.764. The number of nitrogens with zero attached hydrogens (tertiary/aromatic N) is 2. The number of aromatic nitrogens is 1. The third kappa shape index (κ3) is 3.36. The second kappa shape index (κ2) is 5.44. The standard InChI is InChI=1S/C10H19N3S/c1-8-9(2)14-10(12-8)7-13(3)6-4-5-11/h4-7,11H2,1-3H3. The fraction of sp³-hybridized carbons (Fsp3) is 0.700. The Labute approximate surface area is 89.9 Å². The summed E-state index contributed by atoms with van der Waals surface area (Å²) in [6.07, 6.45) is 1.06. The van der Waals surface area contributed by atoms with Crippen LogP contribution >= 0.6 is 11.3 Å². The summed E-state index contributed by atoms with van der Waals surface area (Å²) < 4.78 is 0. The highest BCUT2D eigenvalue weighted by atomic mass is 32.1. The fourth-order valence-corrected chi connectivity index (χ4v) is 2.29. The van der Waals surface area contributed by atoms with E-state index in [4.69, 9.17) is 5.73 Å². The van der Waals surface area contributed by atoms with Gasteiger partial charge >= 0.3 is 0 Å². The Morgan fingerprint density at radius 2 is 2.14 bits per heavy atom. The van der Waals surface area contributed by atoms with E-state index in [0.29, 0.717) is 0 Å². The van der Waals surface area contributed by atoms with Crippen LogP contribution in [0.5, 0.6) is 0 Å². The molecule has 0 aromatic carbocycles. The lowest BCUT2D eigenvalue weighted by atomic mass is 10.4. The minimum atomic E-state index is 0.764. The maximum atomic E-state index is 5.46. The van der Waals surface area contributed by atoms with E-state index in [2.05, 4.69) is 30.8 Å². The van der Waals surface area contributed by atoms with Crippen molar-refractivity contribution in [1.29, 1.82) is 0 Å². The molecule has 0 amide bonds. The second-order valence-electron chi connectivity index (χ2n) is 3.63. The van der Waals surface area contributed by atoms with Crippen LogP contribution in [0.4, 0.5) is 0 Å². The second-order valence-corrected chi connectivity index (χ2v) is 4.92. The highest BCUT2D eigenvalue weighted by Crippen LogP contribution is 2.17. The molecule has 2 N–H and O–H groups in total. The molecule has 1 rings (SSSR count). The molecule has 4 heteroatoms. The molecule has 0 atom stereocenters. The molecule has 0 saturated heterocycles. The molecule has 0 aliphatic carbocycles. The molecule has 3 nitrogen and oxygen atoms in total. The minimum Gasteiger partial charge on any atom is -0.330 e. The largest absolute Gasteiger partial charge is 0.330 e. The normalized spacial score (nSPS) is 11.2. The van der Waals surface area contributed by atoms with Gasteiger partial charge in [0.1, 0.15) is 5.01 Å². The summed E-state index contributed by atoms with van der Waals surface area (Å²) in [5, 5.41) is 1.21. The Morgan fingerprint density at radius 1 is 1.43 bits per heavy atom. The Bertz CT molecular complexity index is 263. The summed E-state index contributed by atoms with van der Waals surface area (Å²) in [4.78, 5) is 8.10. The average molecular weight is 213 g/mol. The quantitative estimate of drug-likeness (QED) is 0.807. The zero-order chi connectivity index (χ0) is 10.6. The molecule has 0 radical (unpaired) electrons. The predicted octanol–water partition coefficient (Wildman–Crippen LogP) is 1.54. The van der Waals surface area contributed by atoms with E-state index in [1.54, 1.807) is 11.3 Å². The van der Waals surface area contributed by atoms with Crippen molar-refractivity contribution in [1.82, 2.24) is 9.88 Å². The molecule has 0 aliphatic rings. The first kappa shape index (κ1) is 11.6. The Balaban J connectivity index is 2.43. The van der Waals surface area contributed by atoms with E-state index in [9.17, 15) is 0 Å². The number of rotatable bonds is 5. The molecule has 0 aliphatic heterocycles. The molecule has 14 heavy (non-hydrogen) atoms. The number of hydrogen-bond acceptors (Lipinski definition) is 4. The van der Waals surface area contributed by atoms with Gasteiger partial charge in [-0.25, -0.2) is 4.98 Å². The summed E-state index contributed by atoms with van der Waals surface area (Å²) in [7, 11) is 2.11. The summed E-state index contributed by atoms with van der Waals surface area (Å²) >= 11 is 1.79. The van der Waals surface area contributed by atoms with Crippen LogP contribution in [-0.4, -0.2) is 30.0 Å². The first-order valence-corrected chi connectivity index (χ1v) is 5.76. The van der Waals surface area contributed by atoms with Crippen LogP contribution in [0.15, 0.2) is 0 Å². The van der Waals surface area contributed by atoms with E-state index in [1.165, 1.54) is 9.88 Å². The maximum absolute atomic E-state index is 5.46. The van der Waals surface area contributed by atoms with Gasteiger partial charge in [0.15, 0.2) is 0 Å². The average Bonchev–Trinajstić information content (AvgIpc) is 2.42. The molecular formula is C10H19N3S. The highest BCUT2D eigenvalue weighted by molar-refractivity contribution is 7.11. The lowest BCUT2D eigenvalue weighted by molar-refractivity contribution is 0.323. The maximum Gasteiger partial charge on any atom is 0.107 e. The summed E-state index contributed by atoms with van der Waals surface area (Å²) in [6.45, 7) is 6.94. The molecule has 1 aromatic heterocycles. The van der Waals surface area contributed by atoms with Crippen LogP contribution in [0.25, 0.3) is 0 Å². The van der Waals surface area contributed by atoms with E-state index >= 15 is 0 Å². The van der Waals surface area contributed by atoms with Crippen LogP contribution in [0.2, 0.25) is 0 Å². The Morgan fingerprint density at radius 3 is 2.64 bits per heavy atom. The topological polar surface area (TPSA) is 42.2 Å². The van der Waals surface area contributed by atoms with Crippen molar-refractivity contribution in [2.75, 3.05) is 20.1 Å². The Hall–Kier alpha value is -0.450. The van der Waals surface area contributed by atoms with Gasteiger partial charge in [0.2, 0.25) is 0 Å². The number of nitrogens with two attached hydrogens (primary N) is 1. The van der Waals surface area contributed by atoms with Crippen LogP contribution in [0.3, 0.4) is 0 Å². The number of aryl methyl sites for hydroxylation is 2. The van der Waals surface area contributed by atoms with Crippen molar-refractivity contribution < 1.29 is 0 Å². The van der Waals surface area contributed by atoms with E-state index < -0.39 is 0 Å². The van der Waals surface area contributed by atoms with Crippen LogP contribution in [0.1, 0.15) is 22.0 Å². The van der Waals surface area contributed by atoms with Crippen LogP contribution in [0, 0.1) is 13.8 Å². The van der Waals surface area contributed by atoms with Crippen molar-refractivity contribution in [2.45, 2.75) is 26.8 Å². The van der Waals surface area contributed by atoms with Crippen molar-refractivity contribution in [3.05, 3.63) is 15.6 Å².